The second kappa shape index (κ2) is 3.27. The van der Waals surface area contributed by atoms with Crippen molar-refractivity contribution < 1.29 is 28.2 Å². The van der Waals surface area contributed by atoms with Crippen LogP contribution in [0.5, 0.6) is 0 Å². The number of carboxylic acid groups (broad SMARTS) is 1. The van der Waals surface area contributed by atoms with Crippen LogP contribution in [-0.2, 0) is 14.3 Å². The molecule has 0 radical (unpaired) electrons. The molecule has 0 spiro atoms. The summed E-state index contributed by atoms with van der Waals surface area (Å²) in [6, 6.07) is 0. The molecule has 0 heterocycles. The zero-order chi connectivity index (χ0) is 9.07. The summed E-state index contributed by atoms with van der Waals surface area (Å²) in [5.41, 5.74) is 0. The van der Waals surface area contributed by atoms with Crippen LogP contribution in [0.1, 0.15) is 6.42 Å². The Balaban J connectivity index is 4.21. The van der Waals surface area contributed by atoms with Crippen LogP contribution in [0, 0.1) is 0 Å². The molecule has 1 N–H and O–H groups in total. The van der Waals surface area contributed by atoms with E-state index in [4.69, 9.17) is 5.11 Å². The van der Waals surface area contributed by atoms with Crippen molar-refractivity contribution in [1.29, 1.82) is 0 Å². The predicted molar refractivity (Wildman–Crippen MR) is 29.2 cm³/mol. The van der Waals surface area contributed by atoms with Crippen LogP contribution in [0.4, 0.5) is 8.78 Å². The molecular formula is C5H6F2O4. The molecule has 6 heteroatoms. The molecule has 0 fully saturated rings. The van der Waals surface area contributed by atoms with Crippen LogP contribution in [0.2, 0.25) is 0 Å². The topological polar surface area (TPSA) is 63.6 Å². The highest BCUT2D eigenvalue weighted by molar-refractivity contribution is 5.83. The monoisotopic (exact) mass is 168 g/mol. The lowest BCUT2D eigenvalue weighted by Crippen LogP contribution is -2.32. The van der Waals surface area contributed by atoms with Gasteiger partial charge in [0.1, 0.15) is 6.42 Å². The van der Waals surface area contributed by atoms with Crippen LogP contribution in [0.15, 0.2) is 0 Å². The van der Waals surface area contributed by atoms with E-state index < -0.39 is 24.3 Å². The molecule has 0 aliphatic rings. The van der Waals surface area contributed by atoms with Gasteiger partial charge in [-0.25, -0.2) is 4.79 Å². The lowest BCUT2D eigenvalue weighted by Gasteiger charge is -2.09. The SMILES string of the molecule is COC(=O)C(F)(F)CC(=O)O. The number of carboxylic acids is 1. The first-order chi connectivity index (χ1) is 4.90. The normalized spacial score (nSPS) is 10.8. The molecule has 11 heavy (non-hydrogen) atoms. The maximum atomic E-state index is 12.2. The van der Waals surface area contributed by atoms with Gasteiger partial charge in [0.15, 0.2) is 0 Å². The number of hydrogen-bond donors (Lipinski definition) is 1. The summed E-state index contributed by atoms with van der Waals surface area (Å²) < 4.78 is 28.1. The molecule has 0 saturated carbocycles. The van der Waals surface area contributed by atoms with Gasteiger partial charge in [0.25, 0.3) is 0 Å². The van der Waals surface area contributed by atoms with Crippen molar-refractivity contribution in [3.05, 3.63) is 0 Å². The number of rotatable bonds is 3. The third-order valence-corrected chi connectivity index (χ3v) is 0.857. The molecule has 0 aliphatic carbocycles. The Kier molecular flexibility index (Phi) is 2.91. The second-order valence-corrected chi connectivity index (χ2v) is 1.77. The molecule has 0 bridgehead atoms. The van der Waals surface area contributed by atoms with Crippen LogP contribution < -0.4 is 0 Å². The summed E-state index contributed by atoms with van der Waals surface area (Å²) in [5.74, 6) is -7.51. The number of ether oxygens (including phenoxy) is 1. The molecule has 64 valence electrons. The van der Waals surface area contributed by atoms with E-state index in [0.29, 0.717) is 0 Å². The quantitative estimate of drug-likeness (QED) is 0.614. The maximum Gasteiger partial charge on any atom is 0.377 e. The van der Waals surface area contributed by atoms with Gasteiger partial charge >= 0.3 is 17.9 Å². The van der Waals surface area contributed by atoms with Gasteiger partial charge in [0, 0.05) is 0 Å². The average molecular weight is 168 g/mol. The summed E-state index contributed by atoms with van der Waals surface area (Å²) in [4.78, 5) is 19.9. The molecule has 0 rings (SSSR count). The minimum atomic E-state index is -3.93. The van der Waals surface area contributed by atoms with Crippen molar-refractivity contribution in [2.75, 3.05) is 7.11 Å². The number of carbonyl (C=O) groups excluding carboxylic acids is 1. The molecule has 4 nitrogen and oxygen atoms in total. The van der Waals surface area contributed by atoms with Crippen LogP contribution in [-0.4, -0.2) is 30.1 Å². The summed E-state index contributed by atoms with van der Waals surface area (Å²) in [7, 11) is 0.762. The third kappa shape index (κ3) is 2.92. The number of carbonyl (C=O) groups is 2. The minimum Gasteiger partial charge on any atom is -0.481 e. The van der Waals surface area contributed by atoms with Gasteiger partial charge in [0.2, 0.25) is 0 Å². The highest BCUT2D eigenvalue weighted by atomic mass is 19.3. The molecule has 0 saturated heterocycles. The molecule has 0 aliphatic heterocycles. The predicted octanol–water partition coefficient (Wildman–Crippen LogP) is 0.269. The minimum absolute atomic E-state index is 0.762. The van der Waals surface area contributed by atoms with Gasteiger partial charge < -0.3 is 9.84 Å². The summed E-state index contributed by atoms with van der Waals surface area (Å²) in [5, 5.41) is 7.91. The van der Waals surface area contributed by atoms with E-state index in [1.54, 1.807) is 0 Å². The number of esters is 1. The third-order valence-electron chi connectivity index (χ3n) is 0.857. The largest absolute Gasteiger partial charge is 0.481 e. The van der Waals surface area contributed by atoms with Crippen LogP contribution in [0.3, 0.4) is 0 Å². The van der Waals surface area contributed by atoms with Gasteiger partial charge in [-0.1, -0.05) is 0 Å². The molecule has 0 aromatic rings. The van der Waals surface area contributed by atoms with Gasteiger partial charge in [-0.2, -0.15) is 8.78 Å². The molecule has 0 unspecified atom stereocenters. The van der Waals surface area contributed by atoms with E-state index in [-0.39, 0.29) is 0 Å². The van der Waals surface area contributed by atoms with Crippen molar-refractivity contribution in [1.82, 2.24) is 0 Å². The first-order valence-electron chi connectivity index (χ1n) is 2.58. The van der Waals surface area contributed by atoms with Gasteiger partial charge in [-0.05, 0) is 0 Å². The number of alkyl halides is 2. The van der Waals surface area contributed by atoms with Crippen molar-refractivity contribution in [2.24, 2.45) is 0 Å². The van der Waals surface area contributed by atoms with E-state index in [2.05, 4.69) is 4.74 Å². The Morgan fingerprint density at radius 3 is 2.27 bits per heavy atom. The van der Waals surface area contributed by atoms with E-state index in [1.807, 2.05) is 0 Å². The molecule has 0 aromatic heterocycles. The van der Waals surface area contributed by atoms with E-state index in [9.17, 15) is 18.4 Å². The van der Waals surface area contributed by atoms with Gasteiger partial charge in [-0.15, -0.1) is 0 Å². The Labute approximate surface area is 60.8 Å². The Bertz CT molecular complexity index is 177. The summed E-state index contributed by atoms with van der Waals surface area (Å²) >= 11 is 0. The first-order valence-corrected chi connectivity index (χ1v) is 2.58. The first kappa shape index (κ1) is 9.80. The molecule has 0 aromatic carbocycles. The summed E-state index contributed by atoms with van der Waals surface area (Å²) in [6.45, 7) is 0. The fourth-order valence-electron chi connectivity index (χ4n) is 0.411. The van der Waals surface area contributed by atoms with Gasteiger partial charge in [0.05, 0.1) is 7.11 Å². The zero-order valence-electron chi connectivity index (χ0n) is 5.63. The van der Waals surface area contributed by atoms with E-state index in [0.717, 1.165) is 7.11 Å². The number of methoxy groups -OCH3 is 1. The molecule has 0 amide bonds. The zero-order valence-corrected chi connectivity index (χ0v) is 5.63. The fourth-order valence-corrected chi connectivity index (χ4v) is 0.411. The number of halogens is 2. The van der Waals surface area contributed by atoms with Crippen molar-refractivity contribution >= 4 is 11.9 Å². The molecular weight excluding hydrogens is 162 g/mol. The highest BCUT2D eigenvalue weighted by Crippen LogP contribution is 2.19. The smallest absolute Gasteiger partial charge is 0.377 e. The lowest BCUT2D eigenvalue weighted by molar-refractivity contribution is -0.174. The van der Waals surface area contributed by atoms with Crippen molar-refractivity contribution in [2.45, 2.75) is 12.3 Å². The Morgan fingerprint density at radius 1 is 1.55 bits per heavy atom. The average Bonchev–Trinajstić information content (AvgIpc) is 1.83. The van der Waals surface area contributed by atoms with Crippen molar-refractivity contribution in [3.63, 3.8) is 0 Å². The second-order valence-electron chi connectivity index (χ2n) is 1.77. The number of hydrogen-bond acceptors (Lipinski definition) is 3. The van der Waals surface area contributed by atoms with Gasteiger partial charge in [-0.3, -0.25) is 4.79 Å². The van der Waals surface area contributed by atoms with Crippen LogP contribution in [0.25, 0.3) is 0 Å². The highest BCUT2D eigenvalue weighted by Gasteiger charge is 2.42. The van der Waals surface area contributed by atoms with E-state index >= 15 is 0 Å². The summed E-state index contributed by atoms with van der Waals surface area (Å²) in [6.07, 6.45) is -1.54. The fraction of sp³-hybridized carbons (Fsp3) is 0.600. The maximum absolute atomic E-state index is 12.2. The lowest BCUT2D eigenvalue weighted by atomic mass is 10.2. The van der Waals surface area contributed by atoms with E-state index in [1.165, 1.54) is 0 Å². The molecule has 0 atom stereocenters. The number of aliphatic carboxylic acids is 1. The van der Waals surface area contributed by atoms with Crippen LogP contribution >= 0.6 is 0 Å². The Hall–Kier alpha value is -1.20. The Morgan fingerprint density at radius 2 is 2.00 bits per heavy atom. The van der Waals surface area contributed by atoms with Crippen molar-refractivity contribution in [3.8, 4) is 0 Å². The standard InChI is InChI=1S/C5H6F2O4/c1-11-4(10)5(6,7)2-3(8)9/h2H2,1H3,(H,8,9).